The summed E-state index contributed by atoms with van der Waals surface area (Å²) in [6.07, 6.45) is 1.70. The number of benzene rings is 2. The zero-order chi connectivity index (χ0) is 14.8. The van der Waals surface area contributed by atoms with E-state index < -0.39 is 0 Å². The predicted octanol–water partition coefficient (Wildman–Crippen LogP) is 3.84. The molecule has 0 atom stereocenters. The van der Waals surface area contributed by atoms with Crippen LogP contribution in [0, 0.1) is 0 Å². The minimum atomic E-state index is -0.263. The highest BCUT2D eigenvalue weighted by atomic mass is 16.5. The third-order valence-corrected chi connectivity index (χ3v) is 3.04. The number of esters is 1. The van der Waals surface area contributed by atoms with E-state index in [1.165, 1.54) is 5.56 Å². The second-order valence-electron chi connectivity index (χ2n) is 4.75. The van der Waals surface area contributed by atoms with Crippen molar-refractivity contribution in [2.45, 2.75) is 19.4 Å². The van der Waals surface area contributed by atoms with Crippen molar-refractivity contribution in [1.82, 2.24) is 0 Å². The molecule has 0 amide bonds. The molecule has 0 saturated heterocycles. The van der Waals surface area contributed by atoms with Crippen LogP contribution >= 0.6 is 0 Å². The molecule has 0 aromatic heterocycles. The Balaban J connectivity index is 1.51. The molecular formula is C18H20O3. The molecular weight excluding hydrogens is 264 g/mol. The molecule has 3 heteroatoms. The van der Waals surface area contributed by atoms with E-state index >= 15 is 0 Å². The van der Waals surface area contributed by atoms with Crippen molar-refractivity contribution in [2.75, 3.05) is 13.2 Å². The summed E-state index contributed by atoms with van der Waals surface area (Å²) in [5, 5.41) is 0. The number of rotatable bonds is 8. The molecule has 0 N–H and O–H groups in total. The minimum absolute atomic E-state index is 0.263. The van der Waals surface area contributed by atoms with Crippen LogP contribution in [0.5, 0.6) is 0 Å². The number of carbonyl (C=O) groups is 1. The summed E-state index contributed by atoms with van der Waals surface area (Å²) >= 11 is 0. The fraction of sp³-hybridized carbons (Fsp3) is 0.278. The van der Waals surface area contributed by atoms with Gasteiger partial charge in [-0.25, -0.2) is 4.79 Å². The zero-order valence-corrected chi connectivity index (χ0v) is 12.0. The van der Waals surface area contributed by atoms with Gasteiger partial charge >= 0.3 is 5.97 Å². The maximum absolute atomic E-state index is 11.7. The van der Waals surface area contributed by atoms with Crippen molar-refractivity contribution in [3.05, 3.63) is 71.8 Å². The van der Waals surface area contributed by atoms with Crippen LogP contribution in [-0.2, 0) is 16.1 Å². The Morgan fingerprint density at radius 3 is 2.14 bits per heavy atom. The van der Waals surface area contributed by atoms with Crippen molar-refractivity contribution in [1.29, 1.82) is 0 Å². The van der Waals surface area contributed by atoms with Gasteiger partial charge in [0.2, 0.25) is 0 Å². The molecule has 2 rings (SSSR count). The monoisotopic (exact) mass is 284 g/mol. The summed E-state index contributed by atoms with van der Waals surface area (Å²) in [6.45, 7) is 1.74. The van der Waals surface area contributed by atoms with Crippen LogP contribution in [0.25, 0.3) is 0 Å². The quantitative estimate of drug-likeness (QED) is 0.546. The molecule has 2 aromatic rings. The van der Waals surface area contributed by atoms with Crippen molar-refractivity contribution in [3.8, 4) is 0 Å². The SMILES string of the molecule is O=C(OCCCCOCc1ccccc1)c1ccccc1. The lowest BCUT2D eigenvalue weighted by molar-refractivity contribution is 0.0478. The summed E-state index contributed by atoms with van der Waals surface area (Å²) < 4.78 is 10.8. The topological polar surface area (TPSA) is 35.5 Å². The van der Waals surface area contributed by atoms with Gasteiger partial charge in [0.15, 0.2) is 0 Å². The van der Waals surface area contributed by atoms with Crippen molar-refractivity contribution in [2.24, 2.45) is 0 Å². The third kappa shape index (κ3) is 5.79. The second-order valence-corrected chi connectivity index (χ2v) is 4.75. The maximum atomic E-state index is 11.7. The molecule has 0 bridgehead atoms. The molecule has 21 heavy (non-hydrogen) atoms. The molecule has 0 unspecified atom stereocenters. The summed E-state index contributed by atoms with van der Waals surface area (Å²) in [5.74, 6) is -0.263. The van der Waals surface area contributed by atoms with Gasteiger partial charge in [-0.15, -0.1) is 0 Å². The van der Waals surface area contributed by atoms with Crippen molar-refractivity contribution < 1.29 is 14.3 Å². The summed E-state index contributed by atoms with van der Waals surface area (Å²) in [6, 6.07) is 19.1. The van der Waals surface area contributed by atoms with Crippen LogP contribution in [0.15, 0.2) is 60.7 Å². The highest BCUT2D eigenvalue weighted by molar-refractivity contribution is 5.89. The molecule has 0 saturated carbocycles. The van der Waals surface area contributed by atoms with Crippen LogP contribution in [0.4, 0.5) is 0 Å². The number of hydrogen-bond acceptors (Lipinski definition) is 3. The van der Waals surface area contributed by atoms with Gasteiger partial charge < -0.3 is 9.47 Å². The van der Waals surface area contributed by atoms with Gasteiger partial charge in [0.1, 0.15) is 0 Å². The van der Waals surface area contributed by atoms with E-state index in [1.54, 1.807) is 12.1 Å². The van der Waals surface area contributed by atoms with Crippen LogP contribution in [-0.4, -0.2) is 19.2 Å². The first-order chi connectivity index (χ1) is 10.4. The normalized spacial score (nSPS) is 10.3. The lowest BCUT2D eigenvalue weighted by Crippen LogP contribution is -2.07. The first kappa shape index (κ1) is 15.3. The van der Waals surface area contributed by atoms with E-state index in [1.807, 2.05) is 48.5 Å². The number of hydrogen-bond donors (Lipinski definition) is 0. The lowest BCUT2D eigenvalue weighted by atomic mass is 10.2. The van der Waals surface area contributed by atoms with E-state index in [2.05, 4.69) is 0 Å². The van der Waals surface area contributed by atoms with Crippen LogP contribution in [0.3, 0.4) is 0 Å². The number of ether oxygens (including phenoxy) is 2. The first-order valence-electron chi connectivity index (χ1n) is 7.20. The molecule has 2 aromatic carbocycles. The standard InChI is InChI=1S/C18H20O3/c19-18(17-11-5-2-6-12-17)21-14-8-7-13-20-15-16-9-3-1-4-10-16/h1-6,9-12H,7-8,13-15H2. The average Bonchev–Trinajstić information content (AvgIpc) is 2.55. The van der Waals surface area contributed by atoms with Gasteiger partial charge in [0.05, 0.1) is 18.8 Å². The summed E-state index contributed by atoms with van der Waals surface area (Å²) in [5.41, 5.74) is 1.77. The first-order valence-corrected chi connectivity index (χ1v) is 7.20. The minimum Gasteiger partial charge on any atom is -0.462 e. The molecule has 0 aliphatic rings. The highest BCUT2D eigenvalue weighted by Crippen LogP contribution is 2.04. The second kappa shape index (κ2) is 8.93. The molecule has 0 fully saturated rings. The van der Waals surface area contributed by atoms with Crippen LogP contribution in [0.1, 0.15) is 28.8 Å². The molecule has 0 radical (unpaired) electrons. The molecule has 3 nitrogen and oxygen atoms in total. The predicted molar refractivity (Wildman–Crippen MR) is 82.1 cm³/mol. The Morgan fingerprint density at radius 2 is 1.43 bits per heavy atom. The summed E-state index contributed by atoms with van der Waals surface area (Å²) in [7, 11) is 0. The smallest absolute Gasteiger partial charge is 0.338 e. The Labute approximate surface area is 125 Å². The Hall–Kier alpha value is -2.13. The zero-order valence-electron chi connectivity index (χ0n) is 12.0. The molecule has 0 heterocycles. The Kier molecular flexibility index (Phi) is 6.49. The van der Waals surface area contributed by atoms with Gasteiger partial charge in [0.25, 0.3) is 0 Å². The van der Waals surface area contributed by atoms with E-state index in [0.717, 1.165) is 12.8 Å². The van der Waals surface area contributed by atoms with Crippen LogP contribution < -0.4 is 0 Å². The van der Waals surface area contributed by atoms with Crippen LogP contribution in [0.2, 0.25) is 0 Å². The molecule has 0 aliphatic carbocycles. The number of unbranched alkanes of at least 4 members (excludes halogenated alkanes) is 1. The van der Waals surface area contributed by atoms with E-state index in [9.17, 15) is 4.79 Å². The van der Waals surface area contributed by atoms with E-state index in [4.69, 9.17) is 9.47 Å². The van der Waals surface area contributed by atoms with Gasteiger partial charge in [-0.1, -0.05) is 48.5 Å². The highest BCUT2D eigenvalue weighted by Gasteiger charge is 2.04. The van der Waals surface area contributed by atoms with Gasteiger partial charge in [-0.3, -0.25) is 0 Å². The Morgan fingerprint density at radius 1 is 0.810 bits per heavy atom. The maximum Gasteiger partial charge on any atom is 0.338 e. The van der Waals surface area contributed by atoms with Crippen molar-refractivity contribution in [3.63, 3.8) is 0 Å². The molecule has 0 spiro atoms. The van der Waals surface area contributed by atoms with E-state index in [0.29, 0.717) is 25.4 Å². The number of carbonyl (C=O) groups excluding carboxylic acids is 1. The van der Waals surface area contributed by atoms with Gasteiger partial charge in [0, 0.05) is 6.61 Å². The van der Waals surface area contributed by atoms with Crippen molar-refractivity contribution >= 4 is 5.97 Å². The third-order valence-electron chi connectivity index (χ3n) is 3.04. The Bertz CT molecular complexity index is 523. The molecule has 110 valence electrons. The van der Waals surface area contributed by atoms with Gasteiger partial charge in [-0.05, 0) is 30.5 Å². The largest absolute Gasteiger partial charge is 0.462 e. The molecule has 0 aliphatic heterocycles. The fourth-order valence-corrected chi connectivity index (χ4v) is 1.89. The lowest BCUT2D eigenvalue weighted by Gasteiger charge is -2.06. The fourth-order valence-electron chi connectivity index (χ4n) is 1.89. The van der Waals surface area contributed by atoms with E-state index in [-0.39, 0.29) is 5.97 Å². The van der Waals surface area contributed by atoms with Gasteiger partial charge in [-0.2, -0.15) is 0 Å². The summed E-state index contributed by atoms with van der Waals surface area (Å²) in [4.78, 5) is 11.7. The average molecular weight is 284 g/mol.